The van der Waals surface area contributed by atoms with E-state index in [4.69, 9.17) is 17.2 Å². The van der Waals surface area contributed by atoms with Crippen LogP contribution in [0.5, 0.6) is 0 Å². The maximum absolute atomic E-state index is 13.4. The molecule has 2 aromatic heterocycles. The molecular weight excluding hydrogens is 452 g/mol. The molecule has 2 aliphatic rings. The number of thiocarbonyl (C=S) groups is 1. The first kappa shape index (κ1) is 24.0. The highest BCUT2D eigenvalue weighted by Crippen LogP contribution is 2.34. The molecule has 2 saturated heterocycles. The van der Waals surface area contributed by atoms with Gasteiger partial charge in [-0.1, -0.05) is 69.1 Å². The van der Waals surface area contributed by atoms with Crippen LogP contribution in [0.3, 0.4) is 0 Å². The van der Waals surface area contributed by atoms with Crippen molar-refractivity contribution in [3.8, 4) is 0 Å². The Morgan fingerprint density at radius 2 is 1.82 bits per heavy atom. The molecule has 0 N–H and O–H groups in total. The first-order valence-electron chi connectivity index (χ1n) is 12.1. The number of hydrogen-bond donors (Lipinski definition) is 0. The van der Waals surface area contributed by atoms with Crippen LogP contribution >= 0.6 is 24.0 Å². The SMILES string of the molecule is CCCCCCCCN1C(=O)/C(=C\c2c(N3CCCCC3)nc3ccccn3c2=O)SC1=S. The van der Waals surface area contributed by atoms with E-state index in [9.17, 15) is 9.59 Å². The van der Waals surface area contributed by atoms with Gasteiger partial charge in [-0.25, -0.2) is 4.98 Å². The predicted molar refractivity (Wildman–Crippen MR) is 141 cm³/mol. The van der Waals surface area contributed by atoms with Crippen molar-refractivity contribution in [3.05, 3.63) is 45.2 Å². The Bertz CT molecular complexity index is 1110. The number of hydrogen-bond acceptors (Lipinski definition) is 6. The van der Waals surface area contributed by atoms with Crippen LogP contribution in [-0.2, 0) is 4.79 Å². The molecule has 4 rings (SSSR count). The Kier molecular flexibility index (Phi) is 8.20. The summed E-state index contributed by atoms with van der Waals surface area (Å²) < 4.78 is 2.13. The third-order valence-corrected chi connectivity index (χ3v) is 7.67. The van der Waals surface area contributed by atoms with E-state index >= 15 is 0 Å². The van der Waals surface area contributed by atoms with Gasteiger partial charge in [-0.3, -0.25) is 18.9 Å². The number of fused-ring (bicyclic) bond motifs is 1. The molecule has 8 heteroatoms. The maximum atomic E-state index is 13.4. The zero-order valence-electron chi connectivity index (χ0n) is 19.3. The minimum absolute atomic E-state index is 0.0966. The molecule has 33 heavy (non-hydrogen) atoms. The van der Waals surface area contributed by atoms with Crippen LogP contribution in [0.15, 0.2) is 34.1 Å². The van der Waals surface area contributed by atoms with Crippen LogP contribution in [0.2, 0.25) is 0 Å². The molecule has 4 heterocycles. The molecule has 0 radical (unpaired) electrons. The van der Waals surface area contributed by atoms with Crippen molar-refractivity contribution in [1.82, 2.24) is 14.3 Å². The molecule has 0 atom stereocenters. The van der Waals surface area contributed by atoms with Gasteiger partial charge in [-0.2, -0.15) is 0 Å². The number of rotatable bonds is 9. The predicted octanol–water partition coefficient (Wildman–Crippen LogP) is 5.25. The fourth-order valence-corrected chi connectivity index (χ4v) is 5.73. The van der Waals surface area contributed by atoms with Crippen LogP contribution in [0.1, 0.15) is 70.3 Å². The first-order chi connectivity index (χ1) is 16.1. The summed E-state index contributed by atoms with van der Waals surface area (Å²) in [4.78, 5) is 35.8. The second kappa shape index (κ2) is 11.3. The second-order valence-corrected chi connectivity index (χ2v) is 10.4. The highest BCUT2D eigenvalue weighted by atomic mass is 32.2. The van der Waals surface area contributed by atoms with Gasteiger partial charge in [0.25, 0.3) is 11.5 Å². The molecule has 2 aliphatic heterocycles. The van der Waals surface area contributed by atoms with E-state index in [1.54, 1.807) is 21.6 Å². The number of anilines is 1. The molecule has 176 valence electrons. The topological polar surface area (TPSA) is 57.9 Å². The van der Waals surface area contributed by atoms with E-state index in [0.717, 1.165) is 38.8 Å². The molecule has 0 bridgehead atoms. The smallest absolute Gasteiger partial charge is 0.267 e. The highest BCUT2D eigenvalue weighted by Gasteiger charge is 2.32. The van der Waals surface area contributed by atoms with Crippen molar-refractivity contribution >= 4 is 51.7 Å². The van der Waals surface area contributed by atoms with Crippen molar-refractivity contribution in [1.29, 1.82) is 0 Å². The first-order valence-corrected chi connectivity index (χ1v) is 13.3. The summed E-state index contributed by atoms with van der Waals surface area (Å²) >= 11 is 6.81. The fourth-order valence-electron chi connectivity index (χ4n) is 4.44. The van der Waals surface area contributed by atoms with E-state index in [-0.39, 0.29) is 11.5 Å². The number of unbranched alkanes of at least 4 members (excludes halogenated alkanes) is 5. The van der Waals surface area contributed by atoms with E-state index in [1.165, 1.54) is 43.9 Å². The van der Waals surface area contributed by atoms with Crippen LogP contribution in [0.4, 0.5) is 5.82 Å². The molecule has 0 aromatic carbocycles. The number of carbonyl (C=O) groups is 1. The molecule has 0 aliphatic carbocycles. The molecule has 0 unspecified atom stereocenters. The minimum atomic E-state index is -0.151. The molecule has 1 amide bonds. The third kappa shape index (κ3) is 5.49. The average molecular weight is 485 g/mol. The Balaban J connectivity index is 1.60. The molecular formula is C25H32N4O2S2. The molecule has 0 saturated carbocycles. The van der Waals surface area contributed by atoms with Crippen LogP contribution in [0, 0.1) is 0 Å². The maximum Gasteiger partial charge on any atom is 0.267 e. The largest absolute Gasteiger partial charge is 0.356 e. The minimum Gasteiger partial charge on any atom is -0.356 e. The van der Waals surface area contributed by atoms with Crippen LogP contribution in [0.25, 0.3) is 11.7 Å². The van der Waals surface area contributed by atoms with Crippen molar-refractivity contribution in [2.24, 2.45) is 0 Å². The summed E-state index contributed by atoms with van der Waals surface area (Å²) in [7, 11) is 0. The average Bonchev–Trinajstić information content (AvgIpc) is 3.10. The Morgan fingerprint density at radius 3 is 2.61 bits per heavy atom. The number of carbonyl (C=O) groups excluding carboxylic acids is 1. The van der Waals surface area contributed by atoms with E-state index in [2.05, 4.69) is 11.8 Å². The van der Waals surface area contributed by atoms with E-state index < -0.39 is 0 Å². The molecule has 2 fully saturated rings. The lowest BCUT2D eigenvalue weighted by Gasteiger charge is -2.29. The highest BCUT2D eigenvalue weighted by molar-refractivity contribution is 8.26. The van der Waals surface area contributed by atoms with E-state index in [1.807, 2.05) is 18.2 Å². The Morgan fingerprint density at radius 1 is 1.06 bits per heavy atom. The van der Waals surface area contributed by atoms with Gasteiger partial charge in [0.15, 0.2) is 0 Å². The third-order valence-electron chi connectivity index (χ3n) is 6.29. The normalized spacial score (nSPS) is 18.2. The summed E-state index contributed by atoms with van der Waals surface area (Å²) in [6.07, 6.45) is 13.8. The second-order valence-electron chi connectivity index (χ2n) is 8.73. The summed E-state index contributed by atoms with van der Waals surface area (Å²) in [6, 6.07) is 5.55. The zero-order valence-corrected chi connectivity index (χ0v) is 20.9. The number of aromatic nitrogens is 2. The number of piperidine rings is 1. The lowest BCUT2D eigenvalue weighted by molar-refractivity contribution is -0.122. The lowest BCUT2D eigenvalue weighted by atomic mass is 10.1. The van der Waals surface area contributed by atoms with Crippen molar-refractivity contribution in [2.45, 2.75) is 64.7 Å². The Hall–Kier alpha value is -2.19. The Labute approximate surface area is 205 Å². The summed E-state index contributed by atoms with van der Waals surface area (Å²) in [5.74, 6) is 0.577. The molecule has 2 aromatic rings. The van der Waals surface area contributed by atoms with Gasteiger partial charge >= 0.3 is 0 Å². The molecule has 6 nitrogen and oxygen atoms in total. The van der Waals surface area contributed by atoms with Gasteiger partial charge in [-0.15, -0.1) is 0 Å². The number of nitrogens with zero attached hydrogens (tertiary/aromatic N) is 4. The van der Waals surface area contributed by atoms with E-state index in [0.29, 0.717) is 32.8 Å². The van der Waals surface area contributed by atoms with Gasteiger partial charge < -0.3 is 4.90 Å². The zero-order chi connectivity index (χ0) is 23.2. The number of pyridine rings is 1. The van der Waals surface area contributed by atoms with Crippen molar-refractivity contribution in [3.63, 3.8) is 0 Å². The van der Waals surface area contributed by atoms with Crippen molar-refractivity contribution < 1.29 is 4.79 Å². The quantitative estimate of drug-likeness (QED) is 0.275. The summed E-state index contributed by atoms with van der Waals surface area (Å²) in [6.45, 7) is 4.59. The van der Waals surface area contributed by atoms with Gasteiger partial charge in [0.1, 0.15) is 15.8 Å². The van der Waals surface area contributed by atoms with Gasteiger partial charge in [0.05, 0.1) is 10.5 Å². The monoisotopic (exact) mass is 484 g/mol. The standard InChI is InChI=1S/C25H32N4O2S2/c1-2-3-4-5-6-11-17-29-24(31)20(33-25(29)32)18-19-22(27-14-9-7-10-15-27)26-21-13-8-12-16-28(21)23(19)30/h8,12-13,16,18H,2-7,9-11,14-15,17H2,1H3/b20-18+. The fraction of sp³-hybridized carbons (Fsp3) is 0.520. The molecule has 0 spiro atoms. The number of thioether (sulfide) groups is 1. The van der Waals surface area contributed by atoms with Crippen LogP contribution in [-0.4, -0.2) is 44.1 Å². The van der Waals surface area contributed by atoms with Crippen LogP contribution < -0.4 is 10.5 Å². The summed E-state index contributed by atoms with van der Waals surface area (Å²) in [5.41, 5.74) is 0.943. The van der Waals surface area contributed by atoms with Gasteiger partial charge in [-0.05, 0) is 43.9 Å². The van der Waals surface area contributed by atoms with Crippen molar-refractivity contribution in [2.75, 3.05) is 24.5 Å². The lowest BCUT2D eigenvalue weighted by Crippen LogP contribution is -2.33. The summed E-state index contributed by atoms with van der Waals surface area (Å²) in [5, 5.41) is 0. The number of amides is 1. The van der Waals surface area contributed by atoms with Gasteiger partial charge in [0, 0.05) is 25.8 Å². The van der Waals surface area contributed by atoms with Gasteiger partial charge in [0.2, 0.25) is 0 Å².